The molecule has 0 bridgehead atoms. The summed E-state index contributed by atoms with van der Waals surface area (Å²) in [6.07, 6.45) is 7.63. The lowest BCUT2D eigenvalue weighted by Gasteiger charge is -2.27. The van der Waals surface area contributed by atoms with Gasteiger partial charge in [0.15, 0.2) is 0 Å². The molecule has 1 aromatic heterocycles. The molecule has 1 aliphatic rings. The Kier molecular flexibility index (Phi) is 5.39. The Balaban J connectivity index is 1.56. The third kappa shape index (κ3) is 4.35. The van der Waals surface area contributed by atoms with Gasteiger partial charge in [-0.3, -0.25) is 9.69 Å². The molecular weight excluding hydrogens is 242 g/mol. The smallest absolute Gasteiger partial charge is 0.305 e. The highest BCUT2D eigenvalue weighted by molar-refractivity contribution is 5.69. The number of aromatic nitrogens is 2. The van der Waals surface area contributed by atoms with E-state index in [-0.39, 0.29) is 5.97 Å². The molecule has 0 saturated heterocycles. The second kappa shape index (κ2) is 7.28. The van der Waals surface area contributed by atoms with Gasteiger partial charge >= 0.3 is 5.97 Å². The van der Waals surface area contributed by atoms with Gasteiger partial charge in [-0.15, -0.1) is 0 Å². The van der Waals surface area contributed by atoms with Crippen LogP contribution in [-0.2, 0) is 22.6 Å². The van der Waals surface area contributed by atoms with Gasteiger partial charge in [0.05, 0.1) is 13.2 Å². The van der Waals surface area contributed by atoms with Gasteiger partial charge in [0.25, 0.3) is 0 Å². The van der Waals surface area contributed by atoms with Crippen molar-refractivity contribution >= 4 is 5.97 Å². The Hall–Kier alpha value is -1.36. The molecule has 0 unspecified atom stereocenters. The van der Waals surface area contributed by atoms with E-state index >= 15 is 0 Å². The molecule has 1 aliphatic heterocycles. The average Bonchev–Trinajstić information content (AvgIpc) is 2.86. The lowest BCUT2D eigenvalue weighted by molar-refractivity contribution is -0.143. The van der Waals surface area contributed by atoms with Crippen LogP contribution in [0.3, 0.4) is 0 Å². The van der Waals surface area contributed by atoms with E-state index < -0.39 is 0 Å². The zero-order valence-corrected chi connectivity index (χ0v) is 11.7. The average molecular weight is 265 g/mol. The van der Waals surface area contributed by atoms with Crippen molar-refractivity contribution in [3.05, 3.63) is 18.2 Å². The van der Waals surface area contributed by atoms with Gasteiger partial charge in [-0.05, 0) is 26.3 Å². The second-order valence-electron chi connectivity index (χ2n) is 4.93. The number of nitrogens with zero attached hydrogens (tertiary/aromatic N) is 3. The summed E-state index contributed by atoms with van der Waals surface area (Å²) in [7, 11) is 0. The first-order chi connectivity index (χ1) is 9.29. The fourth-order valence-electron chi connectivity index (χ4n) is 2.43. The summed E-state index contributed by atoms with van der Waals surface area (Å²) < 4.78 is 7.13. The second-order valence-corrected chi connectivity index (χ2v) is 4.93. The van der Waals surface area contributed by atoms with Gasteiger partial charge in [-0.25, -0.2) is 4.98 Å². The molecule has 1 aromatic rings. The van der Waals surface area contributed by atoms with Crippen LogP contribution in [0.25, 0.3) is 0 Å². The number of carbonyl (C=O) groups excluding carboxylic acids is 1. The van der Waals surface area contributed by atoms with Crippen molar-refractivity contribution in [3.8, 4) is 0 Å². The number of hydrogen-bond acceptors (Lipinski definition) is 4. The van der Waals surface area contributed by atoms with Crippen molar-refractivity contribution in [2.45, 2.75) is 45.7 Å². The lowest BCUT2D eigenvalue weighted by atomic mass is 10.2. The number of ether oxygens (including phenoxy) is 1. The Labute approximate surface area is 114 Å². The molecule has 0 fully saturated rings. The molecule has 5 heteroatoms. The molecule has 0 saturated carbocycles. The molecule has 2 heterocycles. The molecule has 0 aromatic carbocycles. The lowest BCUT2D eigenvalue weighted by Crippen LogP contribution is -2.34. The molecule has 2 rings (SSSR count). The van der Waals surface area contributed by atoms with E-state index in [0.29, 0.717) is 13.0 Å². The summed E-state index contributed by atoms with van der Waals surface area (Å²) in [6.45, 7) is 6.51. The molecule has 0 radical (unpaired) electrons. The number of hydrogen-bond donors (Lipinski definition) is 0. The Morgan fingerprint density at radius 1 is 1.37 bits per heavy atom. The molecule has 5 nitrogen and oxygen atoms in total. The summed E-state index contributed by atoms with van der Waals surface area (Å²) in [5, 5.41) is 0. The van der Waals surface area contributed by atoms with Crippen molar-refractivity contribution in [1.82, 2.24) is 14.5 Å². The predicted octanol–water partition coefficient (Wildman–Crippen LogP) is 1.82. The molecule has 19 heavy (non-hydrogen) atoms. The summed E-state index contributed by atoms with van der Waals surface area (Å²) in [6, 6.07) is 0. The summed E-state index contributed by atoms with van der Waals surface area (Å²) in [5.74, 6) is 1.10. The zero-order valence-electron chi connectivity index (χ0n) is 11.7. The first kappa shape index (κ1) is 14.1. The SMILES string of the molecule is CCOC(=O)CCCCCN1CCn2ccnc2C1. The summed E-state index contributed by atoms with van der Waals surface area (Å²) >= 11 is 0. The van der Waals surface area contributed by atoms with Crippen LogP contribution < -0.4 is 0 Å². The number of rotatable bonds is 7. The van der Waals surface area contributed by atoms with Gasteiger partial charge in [-0.2, -0.15) is 0 Å². The predicted molar refractivity (Wildman–Crippen MR) is 72.6 cm³/mol. The fourth-order valence-corrected chi connectivity index (χ4v) is 2.43. The van der Waals surface area contributed by atoms with Gasteiger partial charge in [0.1, 0.15) is 5.82 Å². The van der Waals surface area contributed by atoms with E-state index in [0.717, 1.165) is 51.3 Å². The standard InChI is InChI=1S/C14H23N3O2/c1-2-19-14(18)6-4-3-5-8-16-10-11-17-9-7-15-13(17)12-16/h7,9H,2-6,8,10-12H2,1H3. The minimum Gasteiger partial charge on any atom is -0.466 e. The van der Waals surface area contributed by atoms with E-state index in [4.69, 9.17) is 4.74 Å². The van der Waals surface area contributed by atoms with Crippen LogP contribution in [0.1, 0.15) is 38.4 Å². The van der Waals surface area contributed by atoms with Crippen LogP contribution in [0.2, 0.25) is 0 Å². The van der Waals surface area contributed by atoms with E-state index in [1.54, 1.807) is 0 Å². The highest BCUT2D eigenvalue weighted by atomic mass is 16.5. The molecule has 106 valence electrons. The first-order valence-electron chi connectivity index (χ1n) is 7.17. The zero-order chi connectivity index (χ0) is 13.5. The number of fused-ring (bicyclic) bond motifs is 1. The molecule has 0 amide bonds. The number of unbranched alkanes of at least 4 members (excludes halogenated alkanes) is 2. The van der Waals surface area contributed by atoms with Crippen molar-refractivity contribution in [3.63, 3.8) is 0 Å². The molecule has 0 aliphatic carbocycles. The summed E-state index contributed by atoms with van der Waals surface area (Å²) in [4.78, 5) is 18.0. The molecular formula is C14H23N3O2. The maximum absolute atomic E-state index is 11.2. The topological polar surface area (TPSA) is 47.4 Å². The van der Waals surface area contributed by atoms with Gasteiger partial charge in [-0.1, -0.05) is 6.42 Å². The third-order valence-corrected chi connectivity index (χ3v) is 3.48. The van der Waals surface area contributed by atoms with Crippen LogP contribution in [0.15, 0.2) is 12.4 Å². The Bertz CT molecular complexity index is 403. The van der Waals surface area contributed by atoms with E-state index in [1.807, 2.05) is 19.3 Å². The normalized spacial score (nSPS) is 15.2. The van der Waals surface area contributed by atoms with E-state index in [9.17, 15) is 4.79 Å². The van der Waals surface area contributed by atoms with E-state index in [1.165, 1.54) is 0 Å². The number of esters is 1. The van der Waals surface area contributed by atoms with E-state index in [2.05, 4.69) is 14.5 Å². The fraction of sp³-hybridized carbons (Fsp3) is 0.714. The number of imidazole rings is 1. The molecule has 0 atom stereocenters. The Morgan fingerprint density at radius 2 is 2.26 bits per heavy atom. The van der Waals surface area contributed by atoms with Crippen molar-refractivity contribution in [2.75, 3.05) is 19.7 Å². The first-order valence-corrected chi connectivity index (χ1v) is 7.17. The Morgan fingerprint density at radius 3 is 3.11 bits per heavy atom. The molecule has 0 spiro atoms. The monoisotopic (exact) mass is 265 g/mol. The number of carbonyl (C=O) groups is 1. The van der Waals surface area contributed by atoms with Crippen LogP contribution in [0.5, 0.6) is 0 Å². The minimum atomic E-state index is -0.0671. The highest BCUT2D eigenvalue weighted by Gasteiger charge is 2.15. The maximum Gasteiger partial charge on any atom is 0.305 e. The third-order valence-electron chi connectivity index (χ3n) is 3.48. The van der Waals surface area contributed by atoms with Gasteiger partial charge in [0, 0.05) is 31.9 Å². The molecule has 0 N–H and O–H groups in total. The van der Waals surface area contributed by atoms with Crippen molar-refractivity contribution in [1.29, 1.82) is 0 Å². The largest absolute Gasteiger partial charge is 0.466 e. The van der Waals surface area contributed by atoms with Crippen LogP contribution in [0.4, 0.5) is 0 Å². The van der Waals surface area contributed by atoms with Crippen LogP contribution in [-0.4, -0.2) is 40.1 Å². The van der Waals surface area contributed by atoms with Gasteiger partial charge < -0.3 is 9.30 Å². The maximum atomic E-state index is 11.2. The quantitative estimate of drug-likeness (QED) is 0.557. The minimum absolute atomic E-state index is 0.0671. The highest BCUT2D eigenvalue weighted by Crippen LogP contribution is 2.11. The van der Waals surface area contributed by atoms with Crippen molar-refractivity contribution in [2.24, 2.45) is 0 Å². The van der Waals surface area contributed by atoms with Crippen LogP contribution in [0, 0.1) is 0 Å². The van der Waals surface area contributed by atoms with Crippen molar-refractivity contribution < 1.29 is 9.53 Å². The summed E-state index contributed by atoms with van der Waals surface area (Å²) in [5.41, 5.74) is 0. The van der Waals surface area contributed by atoms with Crippen LogP contribution >= 0.6 is 0 Å². The van der Waals surface area contributed by atoms with Gasteiger partial charge in [0.2, 0.25) is 0 Å².